The van der Waals surface area contributed by atoms with Gasteiger partial charge in [-0.2, -0.15) is 0 Å². The van der Waals surface area contributed by atoms with Crippen molar-refractivity contribution in [3.63, 3.8) is 0 Å². The van der Waals surface area contributed by atoms with Gasteiger partial charge in [-0.05, 0) is 109 Å². The summed E-state index contributed by atoms with van der Waals surface area (Å²) in [7, 11) is 0. The van der Waals surface area contributed by atoms with Gasteiger partial charge >= 0.3 is 17.9 Å². The zero-order chi connectivity index (χ0) is 54.3. The summed E-state index contributed by atoms with van der Waals surface area (Å²) in [5.74, 6) is -0.887. The van der Waals surface area contributed by atoms with E-state index in [2.05, 4.69) is 93.7 Å². The molecular formula is C69H122O6. The number of esters is 3. The Hall–Kier alpha value is -3.15. The first kappa shape index (κ1) is 71.8. The fourth-order valence-electron chi connectivity index (χ4n) is 9.23. The van der Waals surface area contributed by atoms with Crippen molar-refractivity contribution >= 4 is 17.9 Å². The normalized spacial score (nSPS) is 12.5. The summed E-state index contributed by atoms with van der Waals surface area (Å²) in [5, 5.41) is 0. The SMILES string of the molecule is CCCC/C=C\CCCCCCCC(=O)OCC(COC(=O)CCCCCCCCCC/C=C\C/C=C\C/C=C\CCCCCCC)OC(=O)CCCCCCCCCCCCC/C=C\C/C=C\CCCCCCC. The molecule has 0 aromatic carbocycles. The van der Waals surface area contributed by atoms with Gasteiger partial charge in [0, 0.05) is 19.3 Å². The van der Waals surface area contributed by atoms with E-state index < -0.39 is 6.10 Å². The minimum atomic E-state index is -0.784. The topological polar surface area (TPSA) is 78.9 Å². The summed E-state index contributed by atoms with van der Waals surface area (Å²) in [5.41, 5.74) is 0. The Kier molecular flexibility index (Phi) is 60.7. The van der Waals surface area contributed by atoms with Gasteiger partial charge < -0.3 is 14.2 Å². The first-order valence-electron chi connectivity index (χ1n) is 32.4. The van der Waals surface area contributed by atoms with Gasteiger partial charge in [0.2, 0.25) is 0 Å². The van der Waals surface area contributed by atoms with E-state index in [9.17, 15) is 14.4 Å². The number of allylic oxidation sites excluding steroid dienone is 12. The lowest BCUT2D eigenvalue weighted by Crippen LogP contribution is -2.30. The lowest BCUT2D eigenvalue weighted by Gasteiger charge is -2.18. The van der Waals surface area contributed by atoms with Crippen molar-refractivity contribution in [1.82, 2.24) is 0 Å². The van der Waals surface area contributed by atoms with E-state index in [4.69, 9.17) is 14.2 Å². The molecule has 0 fully saturated rings. The van der Waals surface area contributed by atoms with Gasteiger partial charge in [0.1, 0.15) is 13.2 Å². The second-order valence-electron chi connectivity index (χ2n) is 21.7. The van der Waals surface area contributed by atoms with E-state index in [0.29, 0.717) is 19.3 Å². The van der Waals surface area contributed by atoms with Crippen molar-refractivity contribution in [1.29, 1.82) is 0 Å². The molecule has 0 N–H and O–H groups in total. The zero-order valence-electron chi connectivity index (χ0n) is 49.8. The van der Waals surface area contributed by atoms with Crippen LogP contribution in [0.1, 0.15) is 329 Å². The molecule has 0 rings (SSSR count). The zero-order valence-corrected chi connectivity index (χ0v) is 49.8. The fourth-order valence-corrected chi connectivity index (χ4v) is 9.23. The maximum Gasteiger partial charge on any atom is 0.306 e. The van der Waals surface area contributed by atoms with Crippen molar-refractivity contribution in [2.75, 3.05) is 13.2 Å². The van der Waals surface area contributed by atoms with Crippen molar-refractivity contribution in [2.24, 2.45) is 0 Å². The number of hydrogen-bond acceptors (Lipinski definition) is 6. The third-order valence-electron chi connectivity index (χ3n) is 14.2. The molecule has 0 amide bonds. The van der Waals surface area contributed by atoms with Crippen LogP contribution >= 0.6 is 0 Å². The van der Waals surface area contributed by atoms with E-state index in [1.54, 1.807) is 0 Å². The molecule has 0 aliphatic carbocycles. The summed E-state index contributed by atoms with van der Waals surface area (Å²) in [6, 6.07) is 0. The molecule has 0 radical (unpaired) electrons. The highest BCUT2D eigenvalue weighted by Crippen LogP contribution is 2.16. The number of unbranched alkanes of at least 4 members (excludes halogenated alkanes) is 36. The van der Waals surface area contributed by atoms with Crippen LogP contribution in [0.5, 0.6) is 0 Å². The molecule has 0 aromatic heterocycles. The van der Waals surface area contributed by atoms with Crippen LogP contribution in [-0.2, 0) is 28.6 Å². The molecule has 75 heavy (non-hydrogen) atoms. The maximum absolute atomic E-state index is 12.9. The highest BCUT2D eigenvalue weighted by atomic mass is 16.6. The molecule has 6 heteroatoms. The van der Waals surface area contributed by atoms with Crippen molar-refractivity contribution < 1.29 is 28.6 Å². The quantitative estimate of drug-likeness (QED) is 0.0261. The molecule has 0 saturated heterocycles. The van der Waals surface area contributed by atoms with Gasteiger partial charge in [-0.25, -0.2) is 0 Å². The average Bonchev–Trinajstić information content (AvgIpc) is 3.41. The number of ether oxygens (including phenoxy) is 3. The molecule has 0 saturated carbocycles. The van der Waals surface area contributed by atoms with Crippen LogP contribution in [0.25, 0.3) is 0 Å². The predicted octanol–water partition coefficient (Wildman–Crippen LogP) is 22.1. The molecule has 0 aromatic rings. The van der Waals surface area contributed by atoms with Gasteiger partial charge in [-0.1, -0.05) is 273 Å². The molecule has 0 aliphatic heterocycles. The number of hydrogen-bond donors (Lipinski definition) is 0. The number of carbonyl (C=O) groups excluding carboxylic acids is 3. The highest BCUT2D eigenvalue weighted by molar-refractivity contribution is 5.71. The van der Waals surface area contributed by atoms with Gasteiger partial charge in [0.15, 0.2) is 6.10 Å². The molecule has 6 nitrogen and oxygen atoms in total. The van der Waals surface area contributed by atoms with E-state index >= 15 is 0 Å². The van der Waals surface area contributed by atoms with E-state index in [-0.39, 0.29) is 31.1 Å². The van der Waals surface area contributed by atoms with Crippen molar-refractivity contribution in [3.05, 3.63) is 72.9 Å². The molecular weight excluding hydrogens is 925 g/mol. The van der Waals surface area contributed by atoms with Crippen LogP contribution in [0.4, 0.5) is 0 Å². The summed E-state index contributed by atoms with van der Waals surface area (Å²) < 4.78 is 16.9. The Labute approximate surface area is 465 Å². The predicted molar refractivity (Wildman–Crippen MR) is 325 cm³/mol. The minimum Gasteiger partial charge on any atom is -0.462 e. The van der Waals surface area contributed by atoms with Crippen molar-refractivity contribution in [3.8, 4) is 0 Å². The smallest absolute Gasteiger partial charge is 0.306 e. The molecule has 0 aliphatic rings. The Morgan fingerprint density at radius 2 is 0.493 bits per heavy atom. The summed E-state index contributed by atoms with van der Waals surface area (Å²) >= 11 is 0. The number of rotatable bonds is 59. The monoisotopic (exact) mass is 1050 g/mol. The summed E-state index contributed by atoms with van der Waals surface area (Å²) in [4.78, 5) is 38.3. The molecule has 0 bridgehead atoms. The van der Waals surface area contributed by atoms with Gasteiger partial charge in [-0.15, -0.1) is 0 Å². The van der Waals surface area contributed by atoms with E-state index in [0.717, 1.165) is 89.9 Å². The lowest BCUT2D eigenvalue weighted by atomic mass is 10.0. The summed E-state index contributed by atoms with van der Waals surface area (Å²) in [6.45, 7) is 6.60. The lowest BCUT2D eigenvalue weighted by molar-refractivity contribution is -0.167. The second-order valence-corrected chi connectivity index (χ2v) is 21.7. The molecule has 0 spiro atoms. The fraction of sp³-hybridized carbons (Fsp3) is 0.783. The van der Waals surface area contributed by atoms with Gasteiger partial charge in [0.25, 0.3) is 0 Å². The third-order valence-corrected chi connectivity index (χ3v) is 14.2. The minimum absolute atomic E-state index is 0.0815. The van der Waals surface area contributed by atoms with Crippen LogP contribution < -0.4 is 0 Å². The molecule has 0 heterocycles. The van der Waals surface area contributed by atoms with E-state index in [1.165, 1.54) is 199 Å². The third kappa shape index (κ3) is 61.6. The Morgan fingerprint density at radius 1 is 0.267 bits per heavy atom. The maximum atomic E-state index is 12.9. The van der Waals surface area contributed by atoms with Crippen LogP contribution in [0.2, 0.25) is 0 Å². The van der Waals surface area contributed by atoms with Crippen LogP contribution in [0.15, 0.2) is 72.9 Å². The first-order valence-corrected chi connectivity index (χ1v) is 32.4. The van der Waals surface area contributed by atoms with Crippen LogP contribution in [0, 0.1) is 0 Å². The average molecular weight is 1050 g/mol. The van der Waals surface area contributed by atoms with E-state index in [1.807, 2.05) is 0 Å². The van der Waals surface area contributed by atoms with Gasteiger partial charge in [0.05, 0.1) is 0 Å². The second kappa shape index (κ2) is 63.4. The number of carbonyl (C=O) groups is 3. The van der Waals surface area contributed by atoms with Gasteiger partial charge in [-0.3, -0.25) is 14.4 Å². The first-order chi connectivity index (χ1) is 37.0. The largest absolute Gasteiger partial charge is 0.462 e. The molecule has 1 atom stereocenters. The van der Waals surface area contributed by atoms with Crippen LogP contribution in [0.3, 0.4) is 0 Å². The standard InChI is InChI=1S/C69H122O6/c1-4-7-10-13-16-19-22-24-26-28-30-32-34-36-38-40-42-44-47-50-53-56-59-62-68(71)74-65-66(64-73-67(70)61-58-55-52-49-46-21-18-15-12-9-6-3)75-69(72)63-60-57-54-51-48-45-43-41-39-37-35-33-31-29-27-25-23-20-17-14-11-8-5-2/h15,18,22-25,28-31,34,36,66H,4-14,16-17,19-21,26-27,32-33,35,37-65H2,1-3H3/b18-15-,24-22-,25-23-,30-28-,31-29-,36-34-. The highest BCUT2D eigenvalue weighted by Gasteiger charge is 2.19. The van der Waals surface area contributed by atoms with Crippen LogP contribution in [-0.4, -0.2) is 37.2 Å². The Bertz CT molecular complexity index is 1390. The summed E-state index contributed by atoms with van der Waals surface area (Å²) in [6.07, 6.45) is 81.9. The Balaban J connectivity index is 4.29. The Morgan fingerprint density at radius 3 is 0.800 bits per heavy atom. The van der Waals surface area contributed by atoms with Crippen molar-refractivity contribution in [2.45, 2.75) is 335 Å². The molecule has 434 valence electrons. The molecule has 1 unspecified atom stereocenters.